The first-order valence-electron chi connectivity index (χ1n) is 7.69. The molecule has 0 aromatic heterocycles. The van der Waals surface area contributed by atoms with Crippen molar-refractivity contribution < 1.29 is 4.79 Å². The molecule has 5 heteroatoms. The first-order valence-corrected chi connectivity index (χ1v) is 7.69. The molecule has 1 saturated heterocycles. The zero-order chi connectivity index (χ0) is 15.2. The lowest BCUT2D eigenvalue weighted by molar-refractivity contribution is -0.121. The number of rotatable bonds is 6. The van der Waals surface area contributed by atoms with Gasteiger partial charge in [0.15, 0.2) is 0 Å². The highest BCUT2D eigenvalue weighted by Gasteiger charge is 2.18. The first-order chi connectivity index (χ1) is 9.26. The van der Waals surface area contributed by atoms with Crippen molar-refractivity contribution in [3.63, 3.8) is 0 Å². The Bertz CT molecular complexity index is 293. The van der Waals surface area contributed by atoms with Crippen LogP contribution in [0.25, 0.3) is 0 Å². The minimum atomic E-state index is -0.0429. The maximum absolute atomic E-state index is 11.8. The second kappa shape index (κ2) is 7.96. The van der Waals surface area contributed by atoms with Crippen molar-refractivity contribution in [2.24, 2.45) is 11.1 Å². The van der Waals surface area contributed by atoms with Crippen molar-refractivity contribution in [1.29, 1.82) is 0 Å². The van der Waals surface area contributed by atoms with E-state index in [4.69, 9.17) is 5.73 Å². The molecule has 118 valence electrons. The van der Waals surface area contributed by atoms with Crippen molar-refractivity contribution in [3.8, 4) is 0 Å². The number of nitrogens with two attached hydrogens (primary N) is 1. The lowest BCUT2D eigenvalue weighted by Gasteiger charge is -2.32. The van der Waals surface area contributed by atoms with Crippen molar-refractivity contribution >= 4 is 5.91 Å². The molecule has 1 amide bonds. The van der Waals surface area contributed by atoms with E-state index in [0.717, 1.165) is 45.7 Å². The second-order valence-electron chi connectivity index (χ2n) is 7.22. The third-order valence-corrected chi connectivity index (χ3v) is 3.67. The predicted octanol–water partition coefficient (Wildman–Crippen LogP) is 0.504. The molecular formula is C15H32N4O. The van der Waals surface area contributed by atoms with Gasteiger partial charge in [0.2, 0.25) is 5.91 Å². The smallest absolute Gasteiger partial charge is 0.221 e. The summed E-state index contributed by atoms with van der Waals surface area (Å²) in [5.41, 5.74) is 6.19. The normalized spacial score (nSPS) is 19.9. The van der Waals surface area contributed by atoms with Crippen LogP contribution in [0.4, 0.5) is 0 Å². The fourth-order valence-electron chi connectivity index (χ4n) is 2.59. The standard InChI is InChI=1S/C15H32N4O/c1-15(2,3)12-13(16)11-14(20)17-5-6-19-9-7-18(4)8-10-19/h13H,5-12,16H2,1-4H3,(H,17,20). The Kier molecular flexibility index (Phi) is 6.92. The first kappa shape index (κ1) is 17.4. The summed E-state index contributed by atoms with van der Waals surface area (Å²) in [6.07, 6.45) is 1.30. The average molecular weight is 284 g/mol. The molecule has 1 heterocycles. The number of nitrogens with one attached hydrogen (secondary N) is 1. The van der Waals surface area contributed by atoms with Crippen molar-refractivity contribution in [1.82, 2.24) is 15.1 Å². The Balaban J connectivity index is 2.11. The maximum atomic E-state index is 11.8. The summed E-state index contributed by atoms with van der Waals surface area (Å²) in [7, 11) is 2.15. The predicted molar refractivity (Wildman–Crippen MR) is 83.6 cm³/mol. The van der Waals surface area contributed by atoms with Gasteiger partial charge in [-0.2, -0.15) is 0 Å². The number of hydrogen-bond donors (Lipinski definition) is 2. The zero-order valence-corrected chi connectivity index (χ0v) is 13.6. The van der Waals surface area contributed by atoms with Crippen molar-refractivity contribution in [2.45, 2.75) is 39.7 Å². The molecule has 20 heavy (non-hydrogen) atoms. The Labute approximate surface area is 123 Å². The third kappa shape index (κ3) is 7.82. The lowest BCUT2D eigenvalue weighted by Crippen LogP contribution is -2.47. The van der Waals surface area contributed by atoms with Crippen LogP contribution in [0.2, 0.25) is 0 Å². The number of nitrogens with zero attached hydrogens (tertiary/aromatic N) is 2. The topological polar surface area (TPSA) is 61.6 Å². The molecule has 1 atom stereocenters. The molecule has 1 aliphatic rings. The molecule has 0 spiro atoms. The van der Waals surface area contributed by atoms with E-state index < -0.39 is 0 Å². The van der Waals surface area contributed by atoms with Gasteiger partial charge < -0.3 is 16.0 Å². The van der Waals surface area contributed by atoms with E-state index in [9.17, 15) is 4.79 Å². The van der Waals surface area contributed by atoms with Gasteiger partial charge >= 0.3 is 0 Å². The highest BCUT2D eigenvalue weighted by Crippen LogP contribution is 2.20. The quantitative estimate of drug-likeness (QED) is 0.746. The number of amides is 1. The molecular weight excluding hydrogens is 252 g/mol. The van der Waals surface area contributed by atoms with E-state index >= 15 is 0 Å². The number of likely N-dealkylation sites (N-methyl/N-ethyl adjacent to an activating group) is 1. The average Bonchev–Trinajstić information content (AvgIpc) is 2.29. The Hall–Kier alpha value is -0.650. The van der Waals surface area contributed by atoms with E-state index in [1.54, 1.807) is 0 Å². The van der Waals surface area contributed by atoms with Gasteiger partial charge in [-0.3, -0.25) is 9.69 Å². The molecule has 1 fully saturated rings. The molecule has 1 rings (SSSR count). The van der Waals surface area contributed by atoms with Gasteiger partial charge in [-0.25, -0.2) is 0 Å². The van der Waals surface area contributed by atoms with Crippen LogP contribution >= 0.6 is 0 Å². The Morgan fingerprint density at radius 1 is 1.25 bits per heavy atom. The SMILES string of the molecule is CN1CCN(CCNC(=O)CC(N)CC(C)(C)C)CC1. The molecule has 0 radical (unpaired) electrons. The number of carbonyl (C=O) groups excluding carboxylic acids is 1. The molecule has 1 aliphatic heterocycles. The summed E-state index contributed by atoms with van der Waals surface area (Å²) in [6, 6.07) is -0.0429. The van der Waals surface area contributed by atoms with Gasteiger partial charge in [-0.1, -0.05) is 20.8 Å². The van der Waals surface area contributed by atoms with E-state index in [2.05, 4.69) is 42.9 Å². The van der Waals surface area contributed by atoms with Crippen LogP contribution in [-0.2, 0) is 4.79 Å². The summed E-state index contributed by atoms with van der Waals surface area (Å²) in [5, 5.41) is 2.98. The van der Waals surface area contributed by atoms with Gasteiger partial charge in [-0.15, -0.1) is 0 Å². The van der Waals surface area contributed by atoms with Crippen LogP contribution in [0.1, 0.15) is 33.6 Å². The minimum Gasteiger partial charge on any atom is -0.355 e. The summed E-state index contributed by atoms with van der Waals surface area (Å²) >= 11 is 0. The molecule has 3 N–H and O–H groups in total. The number of hydrogen-bond acceptors (Lipinski definition) is 4. The molecule has 0 aromatic rings. The summed E-state index contributed by atoms with van der Waals surface area (Å²) in [6.45, 7) is 12.5. The molecule has 0 aliphatic carbocycles. The molecule has 0 aromatic carbocycles. The Morgan fingerprint density at radius 2 is 1.85 bits per heavy atom. The van der Waals surface area contributed by atoms with Crippen LogP contribution in [-0.4, -0.2) is 68.1 Å². The minimum absolute atomic E-state index is 0.0429. The van der Waals surface area contributed by atoms with Gasteiger partial charge in [0.05, 0.1) is 0 Å². The van der Waals surface area contributed by atoms with Crippen LogP contribution in [0.5, 0.6) is 0 Å². The van der Waals surface area contributed by atoms with Crippen LogP contribution in [0, 0.1) is 5.41 Å². The van der Waals surface area contributed by atoms with Gasteiger partial charge in [0.1, 0.15) is 0 Å². The highest BCUT2D eigenvalue weighted by molar-refractivity contribution is 5.76. The molecule has 1 unspecified atom stereocenters. The molecule has 5 nitrogen and oxygen atoms in total. The van der Waals surface area contributed by atoms with Crippen LogP contribution in [0.3, 0.4) is 0 Å². The fourth-order valence-corrected chi connectivity index (χ4v) is 2.59. The summed E-state index contributed by atoms with van der Waals surface area (Å²) in [5.74, 6) is 0.0795. The lowest BCUT2D eigenvalue weighted by atomic mass is 9.87. The fraction of sp³-hybridized carbons (Fsp3) is 0.933. The van der Waals surface area contributed by atoms with Gasteiger partial charge in [-0.05, 0) is 18.9 Å². The van der Waals surface area contributed by atoms with Crippen LogP contribution in [0.15, 0.2) is 0 Å². The highest BCUT2D eigenvalue weighted by atomic mass is 16.1. The molecule has 0 bridgehead atoms. The van der Waals surface area contributed by atoms with E-state index in [1.165, 1.54) is 0 Å². The van der Waals surface area contributed by atoms with Crippen LogP contribution < -0.4 is 11.1 Å². The third-order valence-electron chi connectivity index (χ3n) is 3.67. The van der Waals surface area contributed by atoms with Crippen molar-refractivity contribution in [3.05, 3.63) is 0 Å². The van der Waals surface area contributed by atoms with Gasteiger partial charge in [0, 0.05) is 51.7 Å². The van der Waals surface area contributed by atoms with E-state index in [1.807, 2.05) is 0 Å². The Morgan fingerprint density at radius 3 is 2.40 bits per heavy atom. The summed E-state index contributed by atoms with van der Waals surface area (Å²) in [4.78, 5) is 16.5. The van der Waals surface area contributed by atoms with E-state index in [-0.39, 0.29) is 17.4 Å². The number of piperazine rings is 1. The van der Waals surface area contributed by atoms with E-state index in [0.29, 0.717) is 6.42 Å². The monoisotopic (exact) mass is 284 g/mol. The maximum Gasteiger partial charge on any atom is 0.221 e. The van der Waals surface area contributed by atoms with Gasteiger partial charge in [0.25, 0.3) is 0 Å². The largest absolute Gasteiger partial charge is 0.355 e. The molecule has 0 saturated carbocycles. The summed E-state index contributed by atoms with van der Waals surface area (Å²) < 4.78 is 0. The number of carbonyl (C=O) groups is 1. The second-order valence-corrected chi connectivity index (χ2v) is 7.22. The van der Waals surface area contributed by atoms with Crippen molar-refractivity contribution in [2.75, 3.05) is 46.3 Å². The zero-order valence-electron chi connectivity index (χ0n) is 13.6.